The first kappa shape index (κ1) is 45.0. The Morgan fingerprint density at radius 2 is 0.381 bits per heavy atom. The number of hydrogen-bond donors (Lipinski definition) is 0. The maximum Gasteiger partial charge on any atom is 0.0594 e. The van der Waals surface area contributed by atoms with Gasteiger partial charge >= 0.3 is 0 Å². The second-order valence-electron chi connectivity index (χ2n) is 14.1. The van der Waals surface area contributed by atoms with Gasteiger partial charge in [0.25, 0.3) is 0 Å². The zero-order valence-corrected chi connectivity index (χ0v) is 32.8. The zero-order valence-electron chi connectivity index (χ0n) is 30.3. The SMILES string of the molecule is CCCCCCCCCCCCCCCC[P+](CCCC)(CCCC)CCCCCCCCCCCCCCCC.[Br-]. The Morgan fingerprint density at radius 3 is 0.595 bits per heavy atom. The van der Waals surface area contributed by atoms with E-state index in [0.29, 0.717) is 0 Å². The molecule has 0 bridgehead atoms. The molecule has 0 saturated heterocycles. The highest BCUT2D eigenvalue weighted by Gasteiger charge is 2.34. The van der Waals surface area contributed by atoms with Gasteiger partial charge in [-0.15, -0.1) is 0 Å². The van der Waals surface area contributed by atoms with Crippen LogP contribution in [0.2, 0.25) is 0 Å². The van der Waals surface area contributed by atoms with Crippen LogP contribution in [0.4, 0.5) is 0 Å². The van der Waals surface area contributed by atoms with E-state index in [0.717, 1.165) is 0 Å². The van der Waals surface area contributed by atoms with Crippen LogP contribution in [0, 0.1) is 0 Å². The zero-order chi connectivity index (χ0) is 30.0. The summed E-state index contributed by atoms with van der Waals surface area (Å²) in [5.74, 6) is 0. The number of halogens is 1. The summed E-state index contributed by atoms with van der Waals surface area (Å²) in [5.41, 5.74) is 0. The third-order valence-electron chi connectivity index (χ3n) is 9.94. The molecule has 0 aromatic rings. The second kappa shape index (κ2) is 38.1. The average Bonchev–Trinajstić information content (AvgIpc) is 2.99. The molecule has 0 unspecified atom stereocenters. The maximum atomic E-state index is 2.42. The molecule has 0 aliphatic carbocycles. The summed E-state index contributed by atoms with van der Waals surface area (Å²) in [5, 5.41) is 0. The molecule has 0 radical (unpaired) electrons. The van der Waals surface area contributed by atoms with E-state index in [9.17, 15) is 0 Å². The van der Waals surface area contributed by atoms with Gasteiger partial charge in [-0.1, -0.05) is 195 Å². The van der Waals surface area contributed by atoms with Crippen LogP contribution in [-0.4, -0.2) is 24.6 Å². The van der Waals surface area contributed by atoms with Crippen molar-refractivity contribution in [2.75, 3.05) is 24.6 Å². The Bertz CT molecular complexity index is 423. The normalized spacial score (nSPS) is 11.7. The highest BCUT2D eigenvalue weighted by atomic mass is 79.9. The van der Waals surface area contributed by atoms with Crippen LogP contribution in [-0.2, 0) is 0 Å². The van der Waals surface area contributed by atoms with E-state index in [-0.39, 0.29) is 17.0 Å². The van der Waals surface area contributed by atoms with E-state index in [2.05, 4.69) is 27.7 Å². The lowest BCUT2D eigenvalue weighted by molar-refractivity contribution is -0.00000929. The number of hydrogen-bond acceptors (Lipinski definition) is 0. The van der Waals surface area contributed by atoms with Gasteiger partial charge in [-0.3, -0.25) is 0 Å². The molecule has 2 heteroatoms. The van der Waals surface area contributed by atoms with Gasteiger partial charge in [0, 0.05) is 7.26 Å². The first-order valence-corrected chi connectivity index (χ1v) is 22.6. The Hall–Kier alpha value is 0.910. The Labute approximate surface area is 281 Å². The van der Waals surface area contributed by atoms with Gasteiger partial charge in [0.05, 0.1) is 24.6 Å². The molecule has 0 aliphatic heterocycles. The van der Waals surface area contributed by atoms with Crippen molar-refractivity contribution in [1.29, 1.82) is 0 Å². The third-order valence-corrected chi connectivity index (χ3v) is 15.0. The molecule has 0 aliphatic rings. The van der Waals surface area contributed by atoms with E-state index in [1.807, 2.05) is 0 Å². The molecular formula is C40H84BrP. The van der Waals surface area contributed by atoms with Crippen LogP contribution in [0.25, 0.3) is 0 Å². The van der Waals surface area contributed by atoms with Crippen molar-refractivity contribution in [3.05, 3.63) is 0 Å². The lowest BCUT2D eigenvalue weighted by Crippen LogP contribution is -3.00. The minimum Gasteiger partial charge on any atom is -1.00 e. The van der Waals surface area contributed by atoms with E-state index in [4.69, 9.17) is 0 Å². The van der Waals surface area contributed by atoms with Crippen molar-refractivity contribution < 1.29 is 17.0 Å². The van der Waals surface area contributed by atoms with Gasteiger partial charge in [-0.2, -0.15) is 0 Å². The molecule has 42 heavy (non-hydrogen) atoms. The lowest BCUT2D eigenvalue weighted by atomic mass is 10.0. The van der Waals surface area contributed by atoms with Gasteiger partial charge < -0.3 is 17.0 Å². The first-order chi connectivity index (χ1) is 20.2. The van der Waals surface area contributed by atoms with Gasteiger partial charge in [-0.05, 0) is 38.5 Å². The van der Waals surface area contributed by atoms with E-state index in [1.165, 1.54) is 193 Å². The minimum atomic E-state index is -0.698. The van der Waals surface area contributed by atoms with Crippen LogP contribution < -0.4 is 17.0 Å². The third kappa shape index (κ3) is 32.3. The summed E-state index contributed by atoms with van der Waals surface area (Å²) in [6.07, 6.45) is 54.0. The van der Waals surface area contributed by atoms with Gasteiger partial charge in [0.15, 0.2) is 0 Å². The number of unbranched alkanes of at least 4 members (excludes halogenated alkanes) is 28. The van der Waals surface area contributed by atoms with Crippen molar-refractivity contribution in [3.63, 3.8) is 0 Å². The topological polar surface area (TPSA) is 0 Å². The van der Waals surface area contributed by atoms with Crippen LogP contribution in [0.15, 0.2) is 0 Å². The van der Waals surface area contributed by atoms with Gasteiger partial charge in [0.2, 0.25) is 0 Å². The minimum absolute atomic E-state index is 0. The Morgan fingerprint density at radius 1 is 0.214 bits per heavy atom. The van der Waals surface area contributed by atoms with E-state index < -0.39 is 7.26 Å². The highest BCUT2D eigenvalue weighted by molar-refractivity contribution is 7.75. The molecule has 0 amide bonds. The van der Waals surface area contributed by atoms with Gasteiger partial charge in [0.1, 0.15) is 0 Å². The molecule has 0 nitrogen and oxygen atoms in total. The molecule has 0 aromatic heterocycles. The Balaban J connectivity index is 0. The summed E-state index contributed by atoms with van der Waals surface area (Å²) in [6.45, 7) is 9.48. The van der Waals surface area contributed by atoms with Crippen molar-refractivity contribution in [2.45, 2.75) is 233 Å². The summed E-state index contributed by atoms with van der Waals surface area (Å²) in [4.78, 5) is 0. The second-order valence-corrected chi connectivity index (χ2v) is 18.6. The van der Waals surface area contributed by atoms with Crippen LogP contribution in [0.5, 0.6) is 0 Å². The monoisotopic (exact) mass is 675 g/mol. The number of rotatable bonds is 36. The lowest BCUT2D eigenvalue weighted by Gasteiger charge is -2.28. The quantitative estimate of drug-likeness (QED) is 0.0458. The summed E-state index contributed by atoms with van der Waals surface area (Å²) in [6, 6.07) is 0. The molecule has 0 spiro atoms. The van der Waals surface area contributed by atoms with Crippen molar-refractivity contribution in [3.8, 4) is 0 Å². The van der Waals surface area contributed by atoms with E-state index in [1.54, 1.807) is 37.5 Å². The molecule has 0 aromatic carbocycles. The molecule has 256 valence electrons. The predicted molar refractivity (Wildman–Crippen MR) is 197 cm³/mol. The molecule has 0 atom stereocenters. The largest absolute Gasteiger partial charge is 1.00 e. The molecule has 0 fully saturated rings. The summed E-state index contributed by atoms with van der Waals surface area (Å²) >= 11 is 0. The predicted octanol–water partition coefficient (Wildman–Crippen LogP) is 12.6. The summed E-state index contributed by atoms with van der Waals surface area (Å²) in [7, 11) is -0.698. The van der Waals surface area contributed by atoms with Gasteiger partial charge in [-0.25, -0.2) is 0 Å². The van der Waals surface area contributed by atoms with E-state index >= 15 is 0 Å². The fourth-order valence-corrected chi connectivity index (χ4v) is 12.0. The Kier molecular flexibility index (Phi) is 40.8. The molecule has 0 saturated carbocycles. The fourth-order valence-electron chi connectivity index (χ4n) is 6.94. The maximum absolute atomic E-state index is 2.42. The average molecular weight is 676 g/mol. The fraction of sp³-hybridized carbons (Fsp3) is 1.00. The standard InChI is InChI=1S/C40H84P.BrH/c1-5-9-13-15-17-19-21-23-25-27-29-31-33-35-39-41(37-11-7-3,38-12-8-4)40-36-34-32-30-28-26-24-22-20-18-16-14-10-6-2;/h5-40H2,1-4H3;1H/q+1;/p-1. The highest BCUT2D eigenvalue weighted by Crippen LogP contribution is 2.61. The van der Waals surface area contributed by atoms with Crippen LogP contribution >= 0.6 is 7.26 Å². The van der Waals surface area contributed by atoms with Crippen molar-refractivity contribution in [2.24, 2.45) is 0 Å². The van der Waals surface area contributed by atoms with Crippen LogP contribution in [0.3, 0.4) is 0 Å². The molecule has 0 rings (SSSR count). The smallest absolute Gasteiger partial charge is 0.0594 e. The van der Waals surface area contributed by atoms with Crippen LogP contribution in [0.1, 0.15) is 233 Å². The summed E-state index contributed by atoms with van der Waals surface area (Å²) < 4.78 is 0. The molecular weight excluding hydrogens is 591 g/mol. The van der Waals surface area contributed by atoms with Crippen molar-refractivity contribution >= 4 is 7.26 Å². The molecule has 0 N–H and O–H groups in total. The first-order valence-electron chi connectivity index (χ1n) is 20.1. The van der Waals surface area contributed by atoms with Crippen molar-refractivity contribution in [1.82, 2.24) is 0 Å². The molecule has 0 heterocycles.